The van der Waals surface area contributed by atoms with Gasteiger partial charge in [0.2, 0.25) is 0 Å². The third-order valence-electron chi connectivity index (χ3n) is 3.25. The van der Waals surface area contributed by atoms with E-state index >= 15 is 0 Å². The van der Waals surface area contributed by atoms with Gasteiger partial charge in [-0.3, -0.25) is 0 Å². The van der Waals surface area contributed by atoms with Crippen LogP contribution in [-0.4, -0.2) is 25.8 Å². The monoisotopic (exact) mass is 276 g/mol. The van der Waals surface area contributed by atoms with E-state index in [1.807, 2.05) is 24.3 Å². The van der Waals surface area contributed by atoms with Crippen LogP contribution < -0.4 is 0 Å². The van der Waals surface area contributed by atoms with Gasteiger partial charge < -0.3 is 18.9 Å². The first-order valence-corrected chi connectivity index (χ1v) is 6.70. The van der Waals surface area contributed by atoms with Gasteiger partial charge in [-0.05, 0) is 19.4 Å². The van der Waals surface area contributed by atoms with Crippen LogP contribution in [0.3, 0.4) is 0 Å². The predicted molar refractivity (Wildman–Crippen MR) is 70.3 cm³/mol. The zero-order valence-corrected chi connectivity index (χ0v) is 11.3. The van der Waals surface area contributed by atoms with Crippen LogP contribution in [0.15, 0.2) is 30.5 Å². The molecule has 3 rings (SSSR count). The van der Waals surface area contributed by atoms with E-state index in [1.165, 1.54) is 6.26 Å². The van der Waals surface area contributed by atoms with Crippen molar-refractivity contribution in [2.75, 3.05) is 19.8 Å². The van der Waals surface area contributed by atoms with E-state index in [-0.39, 0.29) is 0 Å². The van der Waals surface area contributed by atoms with Crippen molar-refractivity contribution in [3.8, 4) is 0 Å². The molecule has 1 spiro atoms. The minimum absolute atomic E-state index is 0.316. The number of esters is 1. The minimum atomic E-state index is -1.23. The molecule has 2 heterocycles. The lowest BCUT2D eigenvalue weighted by atomic mass is 9.97. The molecule has 2 aliphatic rings. The van der Waals surface area contributed by atoms with Gasteiger partial charge >= 0.3 is 11.9 Å². The Balaban J connectivity index is 2.02. The van der Waals surface area contributed by atoms with Crippen LogP contribution in [0.2, 0.25) is 0 Å². The standard InChI is InChI=1S/C15H16O5/c1-2-17-14(16)12-10-20-15(18-8-5-9-19-15)13-7-4-3-6-11(12)13/h3-4,6-7,10H,2,5,8-9H2,1H3. The number of fused-ring (bicyclic) bond motifs is 2. The molecule has 20 heavy (non-hydrogen) atoms. The van der Waals surface area contributed by atoms with E-state index in [0.29, 0.717) is 31.0 Å². The second-order valence-corrected chi connectivity index (χ2v) is 4.52. The molecule has 0 aliphatic carbocycles. The molecule has 5 nitrogen and oxygen atoms in total. The number of ether oxygens (including phenoxy) is 4. The summed E-state index contributed by atoms with van der Waals surface area (Å²) >= 11 is 0. The highest BCUT2D eigenvalue weighted by Crippen LogP contribution is 2.41. The lowest BCUT2D eigenvalue weighted by molar-refractivity contribution is -0.394. The molecule has 1 aromatic carbocycles. The lowest BCUT2D eigenvalue weighted by Crippen LogP contribution is -2.42. The van der Waals surface area contributed by atoms with E-state index in [2.05, 4.69) is 0 Å². The van der Waals surface area contributed by atoms with Crippen molar-refractivity contribution < 1.29 is 23.7 Å². The van der Waals surface area contributed by atoms with E-state index in [9.17, 15) is 4.79 Å². The largest absolute Gasteiger partial charge is 0.462 e. The van der Waals surface area contributed by atoms with Crippen molar-refractivity contribution in [2.24, 2.45) is 0 Å². The Hall–Kier alpha value is -1.85. The van der Waals surface area contributed by atoms with Crippen LogP contribution >= 0.6 is 0 Å². The van der Waals surface area contributed by atoms with Gasteiger partial charge in [0.25, 0.3) is 0 Å². The number of carbonyl (C=O) groups excluding carboxylic acids is 1. The molecule has 5 heteroatoms. The van der Waals surface area contributed by atoms with Gasteiger partial charge in [0.15, 0.2) is 0 Å². The number of hydrogen-bond acceptors (Lipinski definition) is 5. The summed E-state index contributed by atoms with van der Waals surface area (Å²) in [6, 6.07) is 7.39. The Morgan fingerprint density at radius 1 is 1.30 bits per heavy atom. The predicted octanol–water partition coefficient (Wildman–Crippen LogP) is 2.17. The molecule has 1 fully saturated rings. The van der Waals surface area contributed by atoms with Crippen LogP contribution in [0.4, 0.5) is 0 Å². The first-order chi connectivity index (χ1) is 9.77. The maximum Gasteiger partial charge on any atom is 0.356 e. The Morgan fingerprint density at radius 2 is 2.05 bits per heavy atom. The van der Waals surface area contributed by atoms with Crippen LogP contribution in [0, 0.1) is 0 Å². The minimum Gasteiger partial charge on any atom is -0.462 e. The highest BCUT2D eigenvalue weighted by Gasteiger charge is 2.44. The fourth-order valence-electron chi connectivity index (χ4n) is 2.35. The molecule has 0 N–H and O–H groups in total. The summed E-state index contributed by atoms with van der Waals surface area (Å²) in [5.74, 6) is -1.64. The summed E-state index contributed by atoms with van der Waals surface area (Å²) in [6.07, 6.45) is 2.19. The van der Waals surface area contributed by atoms with E-state index < -0.39 is 11.9 Å². The van der Waals surface area contributed by atoms with Crippen LogP contribution in [0.5, 0.6) is 0 Å². The van der Waals surface area contributed by atoms with Gasteiger partial charge in [-0.2, -0.15) is 0 Å². The van der Waals surface area contributed by atoms with E-state index in [0.717, 1.165) is 12.0 Å². The second kappa shape index (κ2) is 5.26. The first kappa shape index (κ1) is 13.1. The average molecular weight is 276 g/mol. The first-order valence-electron chi connectivity index (χ1n) is 6.70. The molecule has 0 radical (unpaired) electrons. The zero-order valence-electron chi connectivity index (χ0n) is 11.3. The summed E-state index contributed by atoms with van der Waals surface area (Å²) in [6.45, 7) is 3.19. The van der Waals surface area contributed by atoms with E-state index in [1.54, 1.807) is 6.92 Å². The van der Waals surface area contributed by atoms with Gasteiger partial charge in [-0.25, -0.2) is 4.79 Å². The molecule has 0 aromatic heterocycles. The molecule has 0 atom stereocenters. The zero-order chi connectivity index (χ0) is 14.0. The fourth-order valence-corrected chi connectivity index (χ4v) is 2.35. The molecule has 1 saturated heterocycles. The molecule has 2 aliphatic heterocycles. The normalized spacial score (nSPS) is 19.8. The average Bonchev–Trinajstić information content (AvgIpc) is 2.49. The molecular formula is C15H16O5. The van der Waals surface area contributed by atoms with Crippen molar-refractivity contribution in [1.82, 2.24) is 0 Å². The Labute approximate surface area is 117 Å². The van der Waals surface area contributed by atoms with Crippen molar-refractivity contribution in [3.63, 3.8) is 0 Å². The maximum atomic E-state index is 12.0. The quantitative estimate of drug-likeness (QED) is 0.775. The SMILES string of the molecule is CCOC(=O)C1=COC2(OCCCO2)c2ccccc21. The van der Waals surface area contributed by atoms with Crippen molar-refractivity contribution in [3.05, 3.63) is 41.7 Å². The molecular weight excluding hydrogens is 260 g/mol. The maximum absolute atomic E-state index is 12.0. The number of benzene rings is 1. The smallest absolute Gasteiger partial charge is 0.356 e. The number of hydrogen-bond donors (Lipinski definition) is 0. The van der Waals surface area contributed by atoms with E-state index in [4.69, 9.17) is 18.9 Å². The van der Waals surface area contributed by atoms with Gasteiger partial charge in [-0.15, -0.1) is 0 Å². The third kappa shape index (κ3) is 2.09. The third-order valence-corrected chi connectivity index (χ3v) is 3.25. The van der Waals surface area contributed by atoms with Crippen LogP contribution in [0.1, 0.15) is 24.5 Å². The Bertz CT molecular complexity index is 543. The molecule has 0 bridgehead atoms. The van der Waals surface area contributed by atoms with Gasteiger partial charge in [0.1, 0.15) is 11.8 Å². The molecule has 1 aromatic rings. The van der Waals surface area contributed by atoms with Crippen LogP contribution in [-0.2, 0) is 29.7 Å². The molecule has 0 unspecified atom stereocenters. The summed E-state index contributed by atoms with van der Waals surface area (Å²) in [4.78, 5) is 12.0. The van der Waals surface area contributed by atoms with Gasteiger partial charge in [-0.1, -0.05) is 18.2 Å². The second-order valence-electron chi connectivity index (χ2n) is 4.52. The lowest BCUT2D eigenvalue weighted by Gasteiger charge is -2.39. The number of carbonyl (C=O) groups is 1. The fraction of sp³-hybridized carbons (Fsp3) is 0.400. The highest BCUT2D eigenvalue weighted by atomic mass is 16.9. The molecule has 106 valence electrons. The van der Waals surface area contributed by atoms with Gasteiger partial charge in [0.05, 0.1) is 25.4 Å². The van der Waals surface area contributed by atoms with Gasteiger partial charge in [0, 0.05) is 5.56 Å². The molecule has 0 amide bonds. The van der Waals surface area contributed by atoms with Crippen molar-refractivity contribution in [1.29, 1.82) is 0 Å². The summed E-state index contributed by atoms with van der Waals surface area (Å²) in [7, 11) is 0. The van der Waals surface area contributed by atoms with Crippen molar-refractivity contribution in [2.45, 2.75) is 19.3 Å². The summed E-state index contributed by atoms with van der Waals surface area (Å²) in [5.41, 5.74) is 1.80. The Morgan fingerprint density at radius 3 is 2.80 bits per heavy atom. The topological polar surface area (TPSA) is 54.0 Å². The van der Waals surface area contributed by atoms with Crippen LogP contribution in [0.25, 0.3) is 5.57 Å². The Kier molecular flexibility index (Phi) is 3.46. The summed E-state index contributed by atoms with van der Waals surface area (Å²) < 4.78 is 22.0. The van der Waals surface area contributed by atoms with Crippen molar-refractivity contribution >= 4 is 11.5 Å². The number of rotatable bonds is 2. The highest BCUT2D eigenvalue weighted by molar-refractivity contribution is 6.16. The molecule has 0 saturated carbocycles. The summed E-state index contributed by atoms with van der Waals surface area (Å²) in [5, 5.41) is 0.